The molecule has 0 aliphatic rings. The van der Waals surface area contributed by atoms with Crippen LogP contribution in [0.4, 0.5) is 8.78 Å². The van der Waals surface area contributed by atoms with Crippen LogP contribution in [0.25, 0.3) is 0 Å². The Labute approximate surface area is 120 Å². The third-order valence-corrected chi connectivity index (χ3v) is 3.00. The molecule has 2 aromatic rings. The third-order valence-electron chi connectivity index (χ3n) is 2.76. The zero-order valence-electron chi connectivity index (χ0n) is 10.5. The molecular formula is C15H12ClF2NO. The first-order valence-corrected chi connectivity index (χ1v) is 6.42. The molecule has 0 heterocycles. The van der Waals surface area contributed by atoms with Crippen LogP contribution < -0.4 is 5.32 Å². The molecule has 20 heavy (non-hydrogen) atoms. The van der Waals surface area contributed by atoms with Crippen molar-refractivity contribution in [1.82, 2.24) is 5.32 Å². The van der Waals surface area contributed by atoms with Crippen molar-refractivity contribution in [2.24, 2.45) is 0 Å². The summed E-state index contributed by atoms with van der Waals surface area (Å²) in [4.78, 5) is 11.7. The van der Waals surface area contributed by atoms with Crippen molar-refractivity contribution in [3.8, 4) is 0 Å². The molecule has 1 amide bonds. The molecule has 5 heteroatoms. The third kappa shape index (κ3) is 3.78. The second-order valence-electron chi connectivity index (χ2n) is 4.26. The molecule has 0 bridgehead atoms. The second kappa shape index (κ2) is 6.48. The maximum Gasteiger partial charge on any atom is 0.254 e. The maximum absolute atomic E-state index is 13.4. The normalized spacial score (nSPS) is 10.3. The molecule has 0 atom stereocenters. The zero-order valence-corrected chi connectivity index (χ0v) is 11.3. The summed E-state index contributed by atoms with van der Waals surface area (Å²) < 4.78 is 26.4. The predicted octanol–water partition coefficient (Wildman–Crippen LogP) is 3.59. The van der Waals surface area contributed by atoms with Crippen molar-refractivity contribution in [3.05, 3.63) is 70.2 Å². The summed E-state index contributed by atoms with van der Waals surface area (Å²) in [6.45, 7) is 0.315. The van der Waals surface area contributed by atoms with Gasteiger partial charge < -0.3 is 5.32 Å². The van der Waals surface area contributed by atoms with Crippen molar-refractivity contribution in [2.75, 3.05) is 6.54 Å². The van der Waals surface area contributed by atoms with E-state index < -0.39 is 17.5 Å². The minimum Gasteiger partial charge on any atom is -0.352 e. The SMILES string of the molecule is O=C(NCCc1cccc(Cl)c1)c1cc(F)ccc1F. The molecule has 104 valence electrons. The van der Waals surface area contributed by atoms with Crippen molar-refractivity contribution >= 4 is 17.5 Å². The van der Waals surface area contributed by atoms with E-state index in [0.717, 1.165) is 23.8 Å². The quantitative estimate of drug-likeness (QED) is 0.917. The highest BCUT2D eigenvalue weighted by Gasteiger charge is 2.12. The van der Waals surface area contributed by atoms with Gasteiger partial charge in [0.25, 0.3) is 5.91 Å². The molecule has 0 unspecified atom stereocenters. The topological polar surface area (TPSA) is 29.1 Å². The van der Waals surface area contributed by atoms with Crippen LogP contribution in [-0.2, 0) is 6.42 Å². The summed E-state index contributed by atoms with van der Waals surface area (Å²) >= 11 is 5.84. The van der Waals surface area contributed by atoms with E-state index in [1.165, 1.54) is 0 Å². The van der Waals surface area contributed by atoms with Crippen molar-refractivity contribution in [1.29, 1.82) is 0 Å². The van der Waals surface area contributed by atoms with Crippen LogP contribution >= 0.6 is 11.6 Å². The molecule has 0 aliphatic heterocycles. The number of hydrogen-bond donors (Lipinski definition) is 1. The lowest BCUT2D eigenvalue weighted by molar-refractivity contribution is 0.0949. The first-order valence-electron chi connectivity index (χ1n) is 6.04. The van der Waals surface area contributed by atoms with Gasteiger partial charge in [-0.25, -0.2) is 8.78 Å². The van der Waals surface area contributed by atoms with E-state index in [0.29, 0.717) is 18.0 Å². The van der Waals surface area contributed by atoms with Crippen LogP contribution in [0.3, 0.4) is 0 Å². The van der Waals surface area contributed by atoms with E-state index in [4.69, 9.17) is 11.6 Å². The van der Waals surface area contributed by atoms with Gasteiger partial charge in [-0.2, -0.15) is 0 Å². The largest absolute Gasteiger partial charge is 0.352 e. The number of nitrogens with one attached hydrogen (secondary N) is 1. The van der Waals surface area contributed by atoms with Crippen LogP contribution in [0.15, 0.2) is 42.5 Å². The Balaban J connectivity index is 1.94. The Hall–Kier alpha value is -1.94. The van der Waals surface area contributed by atoms with Gasteiger partial charge in [0.05, 0.1) is 5.56 Å². The van der Waals surface area contributed by atoms with Gasteiger partial charge in [-0.1, -0.05) is 23.7 Å². The molecule has 0 saturated carbocycles. The summed E-state index contributed by atoms with van der Waals surface area (Å²) in [6.07, 6.45) is 0.559. The second-order valence-corrected chi connectivity index (χ2v) is 4.70. The monoisotopic (exact) mass is 295 g/mol. The van der Waals surface area contributed by atoms with E-state index in [1.54, 1.807) is 12.1 Å². The summed E-state index contributed by atoms with van der Waals surface area (Å²) in [5.74, 6) is -2.03. The van der Waals surface area contributed by atoms with Gasteiger partial charge in [0.2, 0.25) is 0 Å². The van der Waals surface area contributed by atoms with E-state index in [9.17, 15) is 13.6 Å². The molecule has 0 saturated heterocycles. The number of benzene rings is 2. The lowest BCUT2D eigenvalue weighted by Gasteiger charge is -2.06. The Morgan fingerprint density at radius 3 is 2.70 bits per heavy atom. The lowest BCUT2D eigenvalue weighted by atomic mass is 10.1. The van der Waals surface area contributed by atoms with Crippen LogP contribution in [-0.4, -0.2) is 12.5 Å². The Morgan fingerprint density at radius 2 is 1.95 bits per heavy atom. The molecular weight excluding hydrogens is 284 g/mol. The average Bonchev–Trinajstić information content (AvgIpc) is 2.41. The molecule has 0 aliphatic carbocycles. The molecule has 0 radical (unpaired) electrons. The first-order chi connectivity index (χ1) is 9.56. The highest BCUT2D eigenvalue weighted by atomic mass is 35.5. The number of rotatable bonds is 4. The van der Waals surface area contributed by atoms with Gasteiger partial charge in [-0.15, -0.1) is 0 Å². The number of carbonyl (C=O) groups is 1. The van der Waals surface area contributed by atoms with Crippen LogP contribution in [0.2, 0.25) is 5.02 Å². The molecule has 0 spiro atoms. The van der Waals surface area contributed by atoms with Gasteiger partial charge in [-0.3, -0.25) is 4.79 Å². The molecule has 2 rings (SSSR count). The van der Waals surface area contributed by atoms with E-state index in [1.807, 2.05) is 12.1 Å². The first kappa shape index (κ1) is 14.5. The fourth-order valence-corrected chi connectivity index (χ4v) is 1.99. The lowest BCUT2D eigenvalue weighted by Crippen LogP contribution is -2.26. The Bertz CT molecular complexity index is 631. The van der Waals surface area contributed by atoms with Gasteiger partial charge in [0, 0.05) is 11.6 Å². The predicted molar refractivity (Wildman–Crippen MR) is 73.8 cm³/mol. The fraction of sp³-hybridized carbons (Fsp3) is 0.133. The zero-order chi connectivity index (χ0) is 14.5. The molecule has 0 aromatic heterocycles. The summed E-state index contributed by atoms with van der Waals surface area (Å²) in [7, 11) is 0. The smallest absolute Gasteiger partial charge is 0.254 e. The molecule has 2 nitrogen and oxygen atoms in total. The van der Waals surface area contributed by atoms with Gasteiger partial charge in [-0.05, 0) is 42.3 Å². The number of hydrogen-bond acceptors (Lipinski definition) is 1. The minimum absolute atomic E-state index is 0.295. The molecule has 1 N–H and O–H groups in total. The van der Waals surface area contributed by atoms with E-state index in [-0.39, 0.29) is 5.56 Å². The number of carbonyl (C=O) groups excluding carboxylic acids is 1. The highest BCUT2D eigenvalue weighted by molar-refractivity contribution is 6.30. The van der Waals surface area contributed by atoms with Gasteiger partial charge in [0.1, 0.15) is 11.6 Å². The molecule has 2 aromatic carbocycles. The number of halogens is 3. The minimum atomic E-state index is -0.744. The summed E-state index contributed by atoms with van der Waals surface area (Å²) in [5.41, 5.74) is 0.661. The van der Waals surface area contributed by atoms with E-state index >= 15 is 0 Å². The summed E-state index contributed by atoms with van der Waals surface area (Å²) in [6, 6.07) is 10.0. The van der Waals surface area contributed by atoms with E-state index in [2.05, 4.69) is 5.32 Å². The van der Waals surface area contributed by atoms with Crippen LogP contribution in [0.1, 0.15) is 15.9 Å². The average molecular weight is 296 g/mol. The number of amides is 1. The highest BCUT2D eigenvalue weighted by Crippen LogP contribution is 2.11. The Kier molecular flexibility index (Phi) is 4.69. The Morgan fingerprint density at radius 1 is 1.15 bits per heavy atom. The maximum atomic E-state index is 13.4. The standard InChI is InChI=1S/C15H12ClF2NO/c16-11-3-1-2-10(8-11)6-7-19-15(20)13-9-12(17)4-5-14(13)18/h1-5,8-9H,6-7H2,(H,19,20). The van der Waals surface area contributed by atoms with Crippen molar-refractivity contribution in [3.63, 3.8) is 0 Å². The van der Waals surface area contributed by atoms with Crippen LogP contribution in [0.5, 0.6) is 0 Å². The fourth-order valence-electron chi connectivity index (χ4n) is 1.78. The van der Waals surface area contributed by atoms with Crippen molar-refractivity contribution < 1.29 is 13.6 Å². The van der Waals surface area contributed by atoms with Crippen molar-refractivity contribution in [2.45, 2.75) is 6.42 Å². The molecule has 0 fully saturated rings. The van der Waals surface area contributed by atoms with Gasteiger partial charge >= 0.3 is 0 Å². The van der Waals surface area contributed by atoms with Crippen LogP contribution in [0, 0.1) is 11.6 Å². The summed E-state index contributed by atoms with van der Waals surface area (Å²) in [5, 5.41) is 3.16. The van der Waals surface area contributed by atoms with Gasteiger partial charge in [0.15, 0.2) is 0 Å².